The van der Waals surface area contributed by atoms with E-state index in [4.69, 9.17) is 10.2 Å². The van der Waals surface area contributed by atoms with Crippen molar-refractivity contribution in [3.63, 3.8) is 0 Å². The first-order valence-corrected chi connectivity index (χ1v) is 2.90. The molecule has 56 valence electrons. The number of hydrogen-bond donors (Lipinski definition) is 2. The predicted molar refractivity (Wildman–Crippen MR) is 32.9 cm³/mol. The third kappa shape index (κ3) is 1.01. The maximum Gasteiger partial charge on any atom is 0.138 e. The van der Waals surface area contributed by atoms with Crippen LogP contribution in [-0.4, -0.2) is 25.2 Å². The van der Waals surface area contributed by atoms with E-state index in [0.29, 0.717) is 11.4 Å². The van der Waals surface area contributed by atoms with Crippen LogP contribution in [0.15, 0.2) is 0 Å². The van der Waals surface area contributed by atoms with Gasteiger partial charge in [0.1, 0.15) is 6.73 Å². The first-order chi connectivity index (χ1) is 4.79. The summed E-state index contributed by atoms with van der Waals surface area (Å²) in [6.45, 7) is 1.35. The van der Waals surface area contributed by atoms with Gasteiger partial charge in [-0.3, -0.25) is 0 Å². The second-order valence-corrected chi connectivity index (χ2v) is 1.92. The highest BCUT2D eigenvalue weighted by Crippen LogP contribution is 2.01. The zero-order chi connectivity index (χ0) is 7.56. The van der Waals surface area contributed by atoms with E-state index < -0.39 is 0 Å². The van der Waals surface area contributed by atoms with Crippen LogP contribution in [0, 0.1) is 6.92 Å². The first-order valence-electron chi connectivity index (χ1n) is 2.90. The van der Waals surface area contributed by atoms with Gasteiger partial charge in [0.15, 0.2) is 0 Å². The van der Waals surface area contributed by atoms with E-state index in [1.165, 1.54) is 4.68 Å². The van der Waals surface area contributed by atoms with E-state index in [2.05, 4.69) is 10.3 Å². The van der Waals surface area contributed by atoms with E-state index in [0.717, 1.165) is 0 Å². The molecule has 0 unspecified atom stereocenters. The zero-order valence-corrected chi connectivity index (χ0v) is 5.65. The number of hydrogen-bond acceptors (Lipinski definition) is 4. The summed E-state index contributed by atoms with van der Waals surface area (Å²) >= 11 is 0. The third-order valence-electron chi connectivity index (χ3n) is 1.32. The Hall–Kier alpha value is -0.940. The molecule has 1 heterocycles. The minimum absolute atomic E-state index is 0.139. The van der Waals surface area contributed by atoms with Crippen LogP contribution in [0.25, 0.3) is 0 Å². The molecule has 0 radical (unpaired) electrons. The molecule has 0 amide bonds. The summed E-state index contributed by atoms with van der Waals surface area (Å²) in [6.07, 6.45) is 0. The molecule has 5 heteroatoms. The minimum Gasteiger partial charge on any atom is -0.390 e. The Bertz CT molecular complexity index is 221. The lowest BCUT2D eigenvalue weighted by Gasteiger charge is -1.97. The Kier molecular flexibility index (Phi) is 1.98. The van der Waals surface area contributed by atoms with E-state index in [9.17, 15) is 0 Å². The van der Waals surface area contributed by atoms with Crippen LogP contribution >= 0.6 is 0 Å². The molecule has 0 aromatic carbocycles. The highest BCUT2D eigenvalue weighted by Gasteiger charge is 2.05. The number of rotatable bonds is 2. The normalized spacial score (nSPS) is 10.3. The number of aliphatic hydroxyl groups is 2. The quantitative estimate of drug-likeness (QED) is 0.558. The van der Waals surface area contributed by atoms with Gasteiger partial charge in [0.05, 0.1) is 18.0 Å². The van der Waals surface area contributed by atoms with E-state index >= 15 is 0 Å². The minimum atomic E-state index is -0.239. The van der Waals surface area contributed by atoms with Crippen LogP contribution in [-0.2, 0) is 13.3 Å². The van der Waals surface area contributed by atoms with Gasteiger partial charge in [-0.1, -0.05) is 5.21 Å². The molecule has 0 saturated heterocycles. The molecular formula is C5H9N3O2. The molecule has 0 aliphatic heterocycles. The molecule has 1 rings (SSSR count). The average molecular weight is 143 g/mol. The van der Waals surface area contributed by atoms with Crippen LogP contribution < -0.4 is 0 Å². The summed E-state index contributed by atoms with van der Waals surface area (Å²) in [4.78, 5) is 0. The van der Waals surface area contributed by atoms with Crippen LogP contribution in [0.5, 0.6) is 0 Å². The van der Waals surface area contributed by atoms with Crippen LogP contribution in [0.1, 0.15) is 11.4 Å². The van der Waals surface area contributed by atoms with E-state index in [1.807, 2.05) is 0 Å². The Morgan fingerprint density at radius 1 is 1.50 bits per heavy atom. The summed E-state index contributed by atoms with van der Waals surface area (Å²) < 4.78 is 1.25. The SMILES string of the molecule is Cc1nnn(CO)c1CO. The topological polar surface area (TPSA) is 71.2 Å². The van der Waals surface area contributed by atoms with Gasteiger partial charge in [-0.25, -0.2) is 4.68 Å². The largest absolute Gasteiger partial charge is 0.390 e. The van der Waals surface area contributed by atoms with Gasteiger partial charge in [0, 0.05) is 0 Å². The van der Waals surface area contributed by atoms with Crippen molar-refractivity contribution in [2.45, 2.75) is 20.3 Å². The molecule has 1 aromatic rings. The number of aromatic nitrogens is 3. The summed E-state index contributed by atoms with van der Waals surface area (Å²) in [7, 11) is 0. The van der Waals surface area contributed by atoms with E-state index in [1.54, 1.807) is 6.92 Å². The van der Waals surface area contributed by atoms with Crippen molar-refractivity contribution in [1.29, 1.82) is 0 Å². The number of aryl methyl sites for hydroxylation is 1. The Morgan fingerprint density at radius 2 is 2.20 bits per heavy atom. The van der Waals surface area contributed by atoms with Gasteiger partial charge in [0.25, 0.3) is 0 Å². The van der Waals surface area contributed by atoms with Crippen molar-refractivity contribution in [1.82, 2.24) is 15.0 Å². The molecule has 0 atom stereocenters. The molecule has 0 aliphatic rings. The number of nitrogens with zero attached hydrogens (tertiary/aromatic N) is 3. The Morgan fingerprint density at radius 3 is 2.60 bits per heavy atom. The van der Waals surface area contributed by atoms with Crippen LogP contribution in [0.3, 0.4) is 0 Å². The monoisotopic (exact) mass is 143 g/mol. The molecule has 1 aromatic heterocycles. The Labute approximate surface area is 57.9 Å². The van der Waals surface area contributed by atoms with Gasteiger partial charge < -0.3 is 10.2 Å². The maximum atomic E-state index is 8.71. The molecule has 0 fully saturated rings. The first kappa shape index (κ1) is 7.17. The van der Waals surface area contributed by atoms with Gasteiger partial charge >= 0.3 is 0 Å². The van der Waals surface area contributed by atoms with Crippen molar-refractivity contribution in [2.75, 3.05) is 0 Å². The second kappa shape index (κ2) is 2.76. The summed E-state index contributed by atoms with van der Waals surface area (Å²) in [5.41, 5.74) is 1.21. The summed E-state index contributed by atoms with van der Waals surface area (Å²) in [5.74, 6) is 0. The van der Waals surface area contributed by atoms with Gasteiger partial charge in [-0.05, 0) is 6.92 Å². The molecule has 2 N–H and O–H groups in total. The molecule has 0 aliphatic carbocycles. The molecular weight excluding hydrogens is 134 g/mol. The van der Waals surface area contributed by atoms with Crippen molar-refractivity contribution >= 4 is 0 Å². The molecule has 0 spiro atoms. The van der Waals surface area contributed by atoms with Crippen LogP contribution in [0.2, 0.25) is 0 Å². The molecule has 10 heavy (non-hydrogen) atoms. The second-order valence-electron chi connectivity index (χ2n) is 1.92. The fourth-order valence-electron chi connectivity index (χ4n) is 0.729. The van der Waals surface area contributed by atoms with Gasteiger partial charge in [-0.2, -0.15) is 0 Å². The average Bonchev–Trinajstić information content (AvgIpc) is 2.30. The third-order valence-corrected chi connectivity index (χ3v) is 1.32. The van der Waals surface area contributed by atoms with Crippen LogP contribution in [0.4, 0.5) is 0 Å². The molecule has 0 bridgehead atoms. The maximum absolute atomic E-state index is 8.71. The lowest BCUT2D eigenvalue weighted by molar-refractivity contribution is 0.175. The molecule has 0 saturated carbocycles. The number of aliphatic hydroxyl groups excluding tert-OH is 2. The van der Waals surface area contributed by atoms with Crippen molar-refractivity contribution < 1.29 is 10.2 Å². The molecule has 5 nitrogen and oxygen atoms in total. The zero-order valence-electron chi connectivity index (χ0n) is 5.65. The highest BCUT2D eigenvalue weighted by molar-refractivity contribution is 5.05. The predicted octanol–water partition coefficient (Wildman–Crippen LogP) is -0.971. The standard InChI is InChI=1S/C5H9N3O2/c1-4-5(2-9)8(3-10)7-6-4/h9-10H,2-3H2,1H3. The lowest BCUT2D eigenvalue weighted by Crippen LogP contribution is -2.04. The fourth-order valence-corrected chi connectivity index (χ4v) is 0.729. The highest BCUT2D eigenvalue weighted by atomic mass is 16.3. The smallest absolute Gasteiger partial charge is 0.138 e. The fraction of sp³-hybridized carbons (Fsp3) is 0.600. The summed E-state index contributed by atoms with van der Waals surface area (Å²) in [6, 6.07) is 0. The van der Waals surface area contributed by atoms with Gasteiger partial charge in [0.2, 0.25) is 0 Å². The Balaban J connectivity index is 3.01. The lowest BCUT2D eigenvalue weighted by atomic mass is 10.4. The van der Waals surface area contributed by atoms with Crippen molar-refractivity contribution in [3.05, 3.63) is 11.4 Å². The van der Waals surface area contributed by atoms with E-state index in [-0.39, 0.29) is 13.3 Å². The van der Waals surface area contributed by atoms with Crippen molar-refractivity contribution in [3.8, 4) is 0 Å². The van der Waals surface area contributed by atoms with Crippen molar-refractivity contribution in [2.24, 2.45) is 0 Å². The summed E-state index contributed by atoms with van der Waals surface area (Å²) in [5, 5.41) is 24.5. The van der Waals surface area contributed by atoms with Gasteiger partial charge in [-0.15, -0.1) is 5.10 Å².